The summed E-state index contributed by atoms with van der Waals surface area (Å²) in [5.74, 6) is 1.78. The van der Waals surface area contributed by atoms with E-state index >= 15 is 0 Å². The second-order valence-corrected chi connectivity index (χ2v) is 6.00. The molecule has 0 bridgehead atoms. The molecule has 1 rings (SSSR count). The third-order valence-electron chi connectivity index (χ3n) is 4.21. The molecule has 1 atom stereocenters. The van der Waals surface area contributed by atoms with Crippen molar-refractivity contribution in [1.82, 2.24) is 9.80 Å². The van der Waals surface area contributed by atoms with E-state index in [1.54, 1.807) is 19.0 Å². The Morgan fingerprint density at radius 2 is 1.89 bits per heavy atom. The second-order valence-electron chi connectivity index (χ2n) is 6.00. The number of nitrogens with two attached hydrogens (primary N) is 1. The van der Waals surface area contributed by atoms with Gasteiger partial charge in [-0.2, -0.15) is 0 Å². The van der Waals surface area contributed by atoms with Crippen LogP contribution in [0.5, 0.6) is 0 Å². The van der Waals surface area contributed by atoms with E-state index in [-0.39, 0.29) is 11.9 Å². The summed E-state index contributed by atoms with van der Waals surface area (Å²) in [6.07, 6.45) is 3.03. The molecule has 1 aliphatic heterocycles. The van der Waals surface area contributed by atoms with Gasteiger partial charge in [0.05, 0.1) is 0 Å². The monoisotopic (exact) mass is 255 g/mol. The SMILES string of the molecule is CC(C)C1CCN(C(CN)CC(=O)N(C)C)CC1. The molecule has 1 unspecified atom stereocenters. The Labute approximate surface area is 111 Å². The van der Waals surface area contributed by atoms with Gasteiger partial charge in [0, 0.05) is 33.1 Å². The fraction of sp³-hybridized carbons (Fsp3) is 0.929. The Kier molecular flexibility index (Phi) is 6.09. The van der Waals surface area contributed by atoms with E-state index in [1.807, 2.05) is 0 Å². The van der Waals surface area contributed by atoms with Crippen molar-refractivity contribution in [3.63, 3.8) is 0 Å². The Morgan fingerprint density at radius 3 is 2.28 bits per heavy atom. The maximum atomic E-state index is 11.8. The average molecular weight is 255 g/mol. The van der Waals surface area contributed by atoms with E-state index in [9.17, 15) is 4.79 Å². The average Bonchev–Trinajstić information content (AvgIpc) is 2.35. The fourth-order valence-electron chi connectivity index (χ4n) is 2.70. The van der Waals surface area contributed by atoms with Gasteiger partial charge in [-0.15, -0.1) is 0 Å². The standard InChI is InChI=1S/C14H29N3O/c1-11(2)12-5-7-17(8-6-12)13(10-15)9-14(18)16(3)4/h11-13H,5-10,15H2,1-4H3. The lowest BCUT2D eigenvalue weighted by Gasteiger charge is -2.38. The molecule has 1 fully saturated rings. The van der Waals surface area contributed by atoms with Crippen LogP contribution < -0.4 is 5.73 Å². The van der Waals surface area contributed by atoms with Crippen molar-refractivity contribution in [3.05, 3.63) is 0 Å². The van der Waals surface area contributed by atoms with Crippen LogP contribution >= 0.6 is 0 Å². The molecule has 0 aromatic carbocycles. The van der Waals surface area contributed by atoms with Crippen molar-refractivity contribution in [2.45, 2.75) is 39.2 Å². The van der Waals surface area contributed by atoms with Gasteiger partial charge >= 0.3 is 0 Å². The van der Waals surface area contributed by atoms with Crippen LogP contribution in [0.1, 0.15) is 33.1 Å². The molecule has 4 heteroatoms. The first-order valence-electron chi connectivity index (χ1n) is 7.10. The third-order valence-corrected chi connectivity index (χ3v) is 4.21. The molecule has 18 heavy (non-hydrogen) atoms. The minimum absolute atomic E-state index is 0.177. The van der Waals surface area contributed by atoms with E-state index in [2.05, 4.69) is 18.7 Å². The van der Waals surface area contributed by atoms with Crippen LogP contribution in [-0.4, -0.2) is 55.5 Å². The largest absolute Gasteiger partial charge is 0.349 e. The zero-order valence-electron chi connectivity index (χ0n) is 12.4. The van der Waals surface area contributed by atoms with Crippen LogP contribution in [0.4, 0.5) is 0 Å². The van der Waals surface area contributed by atoms with Crippen LogP contribution in [0.2, 0.25) is 0 Å². The molecule has 0 aromatic rings. The first-order chi connectivity index (χ1) is 8.45. The van der Waals surface area contributed by atoms with Crippen LogP contribution in [0.15, 0.2) is 0 Å². The molecule has 4 nitrogen and oxygen atoms in total. The minimum Gasteiger partial charge on any atom is -0.349 e. The summed E-state index contributed by atoms with van der Waals surface area (Å²) in [6.45, 7) is 7.36. The van der Waals surface area contributed by atoms with Crippen molar-refractivity contribution >= 4 is 5.91 Å². The van der Waals surface area contributed by atoms with Gasteiger partial charge in [0.1, 0.15) is 0 Å². The maximum absolute atomic E-state index is 11.8. The number of carbonyl (C=O) groups excluding carboxylic acids is 1. The molecule has 1 saturated heterocycles. The molecular formula is C14H29N3O. The number of likely N-dealkylation sites (tertiary alicyclic amines) is 1. The van der Waals surface area contributed by atoms with Crippen molar-refractivity contribution in [2.75, 3.05) is 33.7 Å². The smallest absolute Gasteiger partial charge is 0.223 e. The first kappa shape index (κ1) is 15.4. The van der Waals surface area contributed by atoms with Gasteiger partial charge in [-0.1, -0.05) is 13.8 Å². The number of hydrogen-bond acceptors (Lipinski definition) is 3. The quantitative estimate of drug-likeness (QED) is 0.802. The normalized spacial score (nSPS) is 20.1. The van der Waals surface area contributed by atoms with E-state index in [1.165, 1.54) is 12.8 Å². The topological polar surface area (TPSA) is 49.6 Å². The zero-order chi connectivity index (χ0) is 13.7. The lowest BCUT2D eigenvalue weighted by molar-refractivity contribution is -0.130. The van der Waals surface area contributed by atoms with Crippen molar-refractivity contribution in [2.24, 2.45) is 17.6 Å². The van der Waals surface area contributed by atoms with Gasteiger partial charge in [-0.3, -0.25) is 9.69 Å². The van der Waals surface area contributed by atoms with Crippen molar-refractivity contribution < 1.29 is 4.79 Å². The highest BCUT2D eigenvalue weighted by atomic mass is 16.2. The van der Waals surface area contributed by atoms with Crippen LogP contribution in [-0.2, 0) is 4.79 Å². The maximum Gasteiger partial charge on any atom is 0.223 e. The van der Waals surface area contributed by atoms with Crippen LogP contribution in [0.25, 0.3) is 0 Å². The van der Waals surface area contributed by atoms with Gasteiger partial charge in [0.25, 0.3) is 0 Å². The highest BCUT2D eigenvalue weighted by Gasteiger charge is 2.27. The summed E-state index contributed by atoms with van der Waals surface area (Å²) in [4.78, 5) is 15.8. The summed E-state index contributed by atoms with van der Waals surface area (Å²) in [6, 6.07) is 0.216. The van der Waals surface area contributed by atoms with E-state index < -0.39 is 0 Å². The Bertz CT molecular complexity index is 258. The van der Waals surface area contributed by atoms with Gasteiger partial charge in [-0.05, 0) is 37.8 Å². The van der Waals surface area contributed by atoms with Crippen LogP contribution in [0, 0.1) is 11.8 Å². The number of carbonyl (C=O) groups is 1. The molecule has 2 N–H and O–H groups in total. The summed E-state index contributed by atoms with van der Waals surface area (Å²) in [5.41, 5.74) is 5.83. The molecule has 106 valence electrons. The third kappa shape index (κ3) is 4.25. The number of rotatable bonds is 5. The molecule has 1 aliphatic rings. The van der Waals surface area contributed by atoms with Gasteiger partial charge in [0.2, 0.25) is 5.91 Å². The molecule has 1 heterocycles. The predicted octanol–water partition coefficient (Wildman–Crippen LogP) is 1.16. The molecular weight excluding hydrogens is 226 g/mol. The van der Waals surface area contributed by atoms with E-state index in [0.717, 1.165) is 24.9 Å². The lowest BCUT2D eigenvalue weighted by Crippen LogP contribution is -2.47. The Balaban J connectivity index is 2.45. The summed E-state index contributed by atoms with van der Waals surface area (Å²) >= 11 is 0. The predicted molar refractivity (Wildman–Crippen MR) is 75.3 cm³/mol. The highest BCUT2D eigenvalue weighted by molar-refractivity contribution is 5.76. The van der Waals surface area contributed by atoms with E-state index in [4.69, 9.17) is 5.73 Å². The summed E-state index contributed by atoms with van der Waals surface area (Å²) in [7, 11) is 3.61. The lowest BCUT2D eigenvalue weighted by atomic mass is 9.86. The van der Waals surface area contributed by atoms with Crippen molar-refractivity contribution in [3.8, 4) is 0 Å². The van der Waals surface area contributed by atoms with Gasteiger partial charge in [-0.25, -0.2) is 0 Å². The summed E-state index contributed by atoms with van der Waals surface area (Å²) < 4.78 is 0. The number of amides is 1. The first-order valence-corrected chi connectivity index (χ1v) is 7.10. The van der Waals surface area contributed by atoms with E-state index in [0.29, 0.717) is 13.0 Å². The zero-order valence-corrected chi connectivity index (χ0v) is 12.4. The molecule has 0 spiro atoms. The van der Waals surface area contributed by atoms with Crippen molar-refractivity contribution in [1.29, 1.82) is 0 Å². The molecule has 0 aromatic heterocycles. The Hall–Kier alpha value is -0.610. The molecule has 0 radical (unpaired) electrons. The van der Waals surface area contributed by atoms with Gasteiger partial charge < -0.3 is 10.6 Å². The molecule has 0 aliphatic carbocycles. The summed E-state index contributed by atoms with van der Waals surface area (Å²) in [5, 5.41) is 0. The number of piperidine rings is 1. The number of hydrogen-bond donors (Lipinski definition) is 1. The minimum atomic E-state index is 0.177. The number of nitrogens with zero attached hydrogens (tertiary/aromatic N) is 2. The van der Waals surface area contributed by atoms with Crippen LogP contribution in [0.3, 0.4) is 0 Å². The fourth-order valence-corrected chi connectivity index (χ4v) is 2.70. The highest BCUT2D eigenvalue weighted by Crippen LogP contribution is 2.25. The second kappa shape index (κ2) is 7.10. The Morgan fingerprint density at radius 1 is 1.33 bits per heavy atom. The van der Waals surface area contributed by atoms with Gasteiger partial charge in [0.15, 0.2) is 0 Å². The molecule has 1 amide bonds. The molecule has 0 saturated carbocycles.